The zero-order valence-corrected chi connectivity index (χ0v) is 7.45. The molecule has 1 aromatic rings. The molecule has 2 heterocycles. The van der Waals surface area contributed by atoms with Crippen molar-refractivity contribution in [3.8, 4) is 0 Å². The fourth-order valence-corrected chi connectivity index (χ4v) is 1.84. The molecule has 66 valence electrons. The molecular weight excluding hydrogens is 150 g/mol. The third kappa shape index (κ3) is 1.37. The van der Waals surface area contributed by atoms with Crippen LogP contribution in [0.2, 0.25) is 0 Å². The number of piperidine rings is 1. The quantitative estimate of drug-likeness (QED) is 0.675. The summed E-state index contributed by atoms with van der Waals surface area (Å²) in [6, 6.07) is 0.675. The summed E-state index contributed by atoms with van der Waals surface area (Å²) < 4.78 is 2.29. The third-order valence-corrected chi connectivity index (χ3v) is 2.56. The van der Waals surface area contributed by atoms with Crippen LogP contribution in [0, 0.1) is 6.92 Å². The predicted molar refractivity (Wildman–Crippen MR) is 48.1 cm³/mol. The number of imidazole rings is 1. The largest absolute Gasteiger partial charge is 0.332 e. The highest BCUT2D eigenvalue weighted by Gasteiger charge is 2.15. The van der Waals surface area contributed by atoms with Crippen LogP contribution < -0.4 is 5.32 Å². The molecule has 2 rings (SSSR count). The molecule has 1 fully saturated rings. The summed E-state index contributed by atoms with van der Waals surface area (Å²) in [5.41, 5.74) is 1.28. The van der Waals surface area contributed by atoms with Crippen LogP contribution in [0.3, 0.4) is 0 Å². The monoisotopic (exact) mass is 165 g/mol. The van der Waals surface area contributed by atoms with Crippen molar-refractivity contribution in [3.05, 3.63) is 18.2 Å². The van der Waals surface area contributed by atoms with Gasteiger partial charge in [0.1, 0.15) is 0 Å². The van der Waals surface area contributed by atoms with E-state index in [1.54, 1.807) is 0 Å². The van der Waals surface area contributed by atoms with Gasteiger partial charge in [-0.15, -0.1) is 0 Å². The minimum atomic E-state index is 0.675. The second-order valence-corrected chi connectivity index (χ2v) is 3.42. The van der Waals surface area contributed by atoms with Gasteiger partial charge in [-0.2, -0.15) is 0 Å². The van der Waals surface area contributed by atoms with Crippen LogP contribution >= 0.6 is 0 Å². The van der Waals surface area contributed by atoms with Crippen molar-refractivity contribution in [1.29, 1.82) is 0 Å². The van der Waals surface area contributed by atoms with Gasteiger partial charge in [-0.3, -0.25) is 0 Å². The van der Waals surface area contributed by atoms with Crippen molar-refractivity contribution in [2.45, 2.75) is 25.8 Å². The van der Waals surface area contributed by atoms with E-state index < -0.39 is 0 Å². The molecule has 1 saturated heterocycles. The molecule has 1 N–H and O–H groups in total. The topological polar surface area (TPSA) is 29.9 Å². The van der Waals surface area contributed by atoms with Crippen LogP contribution in [-0.2, 0) is 0 Å². The normalized spacial score (nSPS) is 19.8. The lowest BCUT2D eigenvalue weighted by Gasteiger charge is -2.24. The highest BCUT2D eigenvalue weighted by atomic mass is 15.1. The molecule has 0 aromatic carbocycles. The Kier molecular flexibility index (Phi) is 2.13. The van der Waals surface area contributed by atoms with E-state index in [0.29, 0.717) is 6.04 Å². The van der Waals surface area contributed by atoms with Gasteiger partial charge in [0.25, 0.3) is 0 Å². The summed E-state index contributed by atoms with van der Waals surface area (Å²) in [7, 11) is 0. The minimum absolute atomic E-state index is 0.675. The number of hydrogen-bond acceptors (Lipinski definition) is 2. The van der Waals surface area contributed by atoms with Gasteiger partial charge in [0.2, 0.25) is 0 Å². The molecule has 0 bridgehead atoms. The first-order valence-corrected chi connectivity index (χ1v) is 4.57. The molecule has 1 aliphatic heterocycles. The van der Waals surface area contributed by atoms with Crippen molar-refractivity contribution in [3.63, 3.8) is 0 Å². The SMILES string of the molecule is Cc1cncn1C1CCNCC1. The summed E-state index contributed by atoms with van der Waals surface area (Å²) >= 11 is 0. The van der Waals surface area contributed by atoms with Crippen LogP contribution in [0.15, 0.2) is 12.5 Å². The Bertz CT molecular complexity index is 248. The van der Waals surface area contributed by atoms with Crippen molar-refractivity contribution >= 4 is 0 Å². The standard InChI is InChI=1S/C9H15N3/c1-8-6-11-7-12(8)9-2-4-10-5-3-9/h6-7,9-10H,2-5H2,1H3. The van der Waals surface area contributed by atoms with Crippen LogP contribution in [0.25, 0.3) is 0 Å². The molecule has 0 spiro atoms. The van der Waals surface area contributed by atoms with E-state index in [1.165, 1.54) is 18.5 Å². The van der Waals surface area contributed by atoms with Crippen molar-refractivity contribution in [2.24, 2.45) is 0 Å². The van der Waals surface area contributed by atoms with E-state index in [2.05, 4.69) is 21.8 Å². The van der Waals surface area contributed by atoms with E-state index in [-0.39, 0.29) is 0 Å². The fourth-order valence-electron chi connectivity index (χ4n) is 1.84. The molecule has 0 aliphatic carbocycles. The lowest BCUT2D eigenvalue weighted by Crippen LogP contribution is -2.29. The summed E-state index contributed by atoms with van der Waals surface area (Å²) in [5.74, 6) is 0. The Morgan fingerprint density at radius 1 is 1.50 bits per heavy atom. The minimum Gasteiger partial charge on any atom is -0.332 e. The number of nitrogens with zero attached hydrogens (tertiary/aromatic N) is 2. The molecule has 0 amide bonds. The van der Waals surface area contributed by atoms with Gasteiger partial charge in [-0.05, 0) is 32.9 Å². The highest BCUT2D eigenvalue weighted by Crippen LogP contribution is 2.19. The maximum atomic E-state index is 4.14. The maximum Gasteiger partial charge on any atom is 0.0950 e. The predicted octanol–water partition coefficient (Wildman–Crippen LogP) is 1.12. The van der Waals surface area contributed by atoms with Gasteiger partial charge in [0, 0.05) is 17.9 Å². The smallest absolute Gasteiger partial charge is 0.0950 e. The second kappa shape index (κ2) is 3.27. The first kappa shape index (κ1) is 7.80. The van der Waals surface area contributed by atoms with E-state index in [1.807, 2.05) is 12.5 Å². The lowest BCUT2D eigenvalue weighted by molar-refractivity contribution is 0.363. The molecule has 0 atom stereocenters. The van der Waals surface area contributed by atoms with Gasteiger partial charge in [-0.25, -0.2) is 4.98 Å². The second-order valence-electron chi connectivity index (χ2n) is 3.42. The van der Waals surface area contributed by atoms with Crippen molar-refractivity contribution < 1.29 is 0 Å². The molecular formula is C9H15N3. The number of nitrogens with one attached hydrogen (secondary N) is 1. The Morgan fingerprint density at radius 3 is 2.83 bits per heavy atom. The lowest BCUT2D eigenvalue weighted by atomic mass is 10.1. The number of aryl methyl sites for hydroxylation is 1. The average Bonchev–Trinajstić information content (AvgIpc) is 2.53. The Morgan fingerprint density at radius 2 is 2.25 bits per heavy atom. The zero-order chi connectivity index (χ0) is 8.39. The number of aromatic nitrogens is 2. The Balaban J connectivity index is 2.13. The average molecular weight is 165 g/mol. The Hall–Kier alpha value is -0.830. The zero-order valence-electron chi connectivity index (χ0n) is 7.45. The summed E-state index contributed by atoms with van der Waals surface area (Å²) in [6.07, 6.45) is 6.35. The summed E-state index contributed by atoms with van der Waals surface area (Å²) in [4.78, 5) is 4.14. The molecule has 0 radical (unpaired) electrons. The highest BCUT2D eigenvalue weighted by molar-refractivity contribution is 4.97. The van der Waals surface area contributed by atoms with Crippen molar-refractivity contribution in [1.82, 2.24) is 14.9 Å². The van der Waals surface area contributed by atoms with Gasteiger partial charge >= 0.3 is 0 Å². The molecule has 3 heteroatoms. The van der Waals surface area contributed by atoms with Crippen LogP contribution in [-0.4, -0.2) is 22.6 Å². The molecule has 1 aliphatic rings. The fraction of sp³-hybridized carbons (Fsp3) is 0.667. The maximum absolute atomic E-state index is 4.14. The van der Waals surface area contributed by atoms with Gasteiger partial charge < -0.3 is 9.88 Å². The molecule has 1 aromatic heterocycles. The first-order chi connectivity index (χ1) is 5.88. The Labute approximate surface area is 72.8 Å². The van der Waals surface area contributed by atoms with E-state index in [4.69, 9.17) is 0 Å². The number of rotatable bonds is 1. The van der Waals surface area contributed by atoms with Gasteiger partial charge in [0.15, 0.2) is 0 Å². The van der Waals surface area contributed by atoms with E-state index >= 15 is 0 Å². The van der Waals surface area contributed by atoms with Crippen LogP contribution in [0.4, 0.5) is 0 Å². The molecule has 3 nitrogen and oxygen atoms in total. The molecule has 12 heavy (non-hydrogen) atoms. The van der Waals surface area contributed by atoms with E-state index in [0.717, 1.165) is 13.1 Å². The van der Waals surface area contributed by atoms with Gasteiger partial charge in [0.05, 0.1) is 6.33 Å². The first-order valence-electron chi connectivity index (χ1n) is 4.57. The van der Waals surface area contributed by atoms with Crippen LogP contribution in [0.5, 0.6) is 0 Å². The third-order valence-electron chi connectivity index (χ3n) is 2.56. The van der Waals surface area contributed by atoms with E-state index in [9.17, 15) is 0 Å². The van der Waals surface area contributed by atoms with Gasteiger partial charge in [-0.1, -0.05) is 0 Å². The summed E-state index contributed by atoms with van der Waals surface area (Å²) in [6.45, 7) is 4.40. The van der Waals surface area contributed by atoms with Crippen molar-refractivity contribution in [2.75, 3.05) is 13.1 Å². The molecule has 0 unspecified atom stereocenters. The summed E-state index contributed by atoms with van der Waals surface area (Å²) in [5, 5.41) is 3.36. The molecule has 0 saturated carbocycles. The number of hydrogen-bond donors (Lipinski definition) is 1. The van der Waals surface area contributed by atoms with Crippen LogP contribution in [0.1, 0.15) is 24.6 Å².